The third-order valence-electron chi connectivity index (χ3n) is 2.93. The molecule has 1 fully saturated rings. The van der Waals surface area contributed by atoms with Crippen LogP contribution in [0.3, 0.4) is 0 Å². The minimum Gasteiger partial charge on any atom is -0.490 e. The Balaban J connectivity index is 2.04. The molecule has 2 N–H and O–H groups in total. The highest BCUT2D eigenvalue weighted by Crippen LogP contribution is 2.23. The fourth-order valence-electron chi connectivity index (χ4n) is 1.94. The summed E-state index contributed by atoms with van der Waals surface area (Å²) in [4.78, 5) is 0. The summed E-state index contributed by atoms with van der Waals surface area (Å²) in [6.45, 7) is 3.19. The van der Waals surface area contributed by atoms with Gasteiger partial charge in [0, 0.05) is 30.5 Å². The molecule has 94 valence electrons. The molecule has 1 atom stereocenters. The average molecular weight is 239 g/mol. The van der Waals surface area contributed by atoms with E-state index in [1.54, 1.807) is 19.1 Å². The first-order valence-corrected chi connectivity index (χ1v) is 5.96. The van der Waals surface area contributed by atoms with Crippen LogP contribution in [0.2, 0.25) is 0 Å². The first kappa shape index (κ1) is 12.3. The van der Waals surface area contributed by atoms with E-state index in [0.717, 1.165) is 12.8 Å². The van der Waals surface area contributed by atoms with E-state index in [1.807, 2.05) is 0 Å². The second kappa shape index (κ2) is 5.47. The number of nitrogens with two attached hydrogens (primary N) is 1. The average Bonchev–Trinajstić information content (AvgIpc) is 2.30. The second-order valence-corrected chi connectivity index (χ2v) is 4.40. The van der Waals surface area contributed by atoms with Gasteiger partial charge in [-0.05, 0) is 13.0 Å². The lowest BCUT2D eigenvalue weighted by atomic mass is 10.1. The molecule has 17 heavy (non-hydrogen) atoms. The van der Waals surface area contributed by atoms with E-state index in [-0.39, 0.29) is 18.0 Å². The molecular formula is C13H18FNO2. The van der Waals surface area contributed by atoms with Crippen molar-refractivity contribution in [3.8, 4) is 5.75 Å². The number of benzene rings is 1. The molecule has 1 saturated heterocycles. The van der Waals surface area contributed by atoms with Gasteiger partial charge in [-0.15, -0.1) is 0 Å². The van der Waals surface area contributed by atoms with Crippen LogP contribution < -0.4 is 10.5 Å². The predicted molar refractivity (Wildman–Crippen MR) is 63.5 cm³/mol. The zero-order valence-corrected chi connectivity index (χ0v) is 9.99. The number of hydrogen-bond donors (Lipinski definition) is 1. The zero-order valence-electron chi connectivity index (χ0n) is 9.99. The monoisotopic (exact) mass is 239 g/mol. The van der Waals surface area contributed by atoms with Gasteiger partial charge < -0.3 is 15.2 Å². The normalized spacial score (nSPS) is 19.0. The Morgan fingerprint density at radius 3 is 2.71 bits per heavy atom. The highest BCUT2D eigenvalue weighted by molar-refractivity contribution is 5.30. The lowest BCUT2D eigenvalue weighted by Gasteiger charge is -2.23. The predicted octanol–water partition coefficient (Wildman–Crippen LogP) is 2.40. The van der Waals surface area contributed by atoms with Gasteiger partial charge in [0.15, 0.2) is 0 Å². The Morgan fingerprint density at radius 1 is 1.41 bits per heavy atom. The fraction of sp³-hybridized carbons (Fsp3) is 0.538. The van der Waals surface area contributed by atoms with E-state index in [9.17, 15) is 4.39 Å². The smallest absolute Gasteiger partial charge is 0.131 e. The lowest BCUT2D eigenvalue weighted by molar-refractivity contribution is 0.0254. The van der Waals surface area contributed by atoms with Crippen LogP contribution in [0.5, 0.6) is 5.75 Å². The van der Waals surface area contributed by atoms with Crippen LogP contribution in [0.1, 0.15) is 31.4 Å². The first-order chi connectivity index (χ1) is 8.16. The van der Waals surface area contributed by atoms with E-state index in [0.29, 0.717) is 24.5 Å². The van der Waals surface area contributed by atoms with Crippen molar-refractivity contribution in [2.45, 2.75) is 31.9 Å². The van der Waals surface area contributed by atoms with Crippen molar-refractivity contribution in [2.75, 3.05) is 13.2 Å². The minimum absolute atomic E-state index is 0.129. The molecule has 0 spiro atoms. The number of hydrogen-bond acceptors (Lipinski definition) is 3. The molecule has 0 saturated carbocycles. The Hall–Kier alpha value is -1.13. The van der Waals surface area contributed by atoms with Crippen LogP contribution in [0, 0.1) is 5.82 Å². The van der Waals surface area contributed by atoms with Gasteiger partial charge in [0.1, 0.15) is 17.7 Å². The van der Waals surface area contributed by atoms with Crippen molar-refractivity contribution < 1.29 is 13.9 Å². The number of rotatable bonds is 3. The van der Waals surface area contributed by atoms with Gasteiger partial charge in [0.05, 0.1) is 13.2 Å². The summed E-state index contributed by atoms with van der Waals surface area (Å²) in [5, 5.41) is 0. The molecule has 1 aliphatic heterocycles. The number of halogens is 1. The van der Waals surface area contributed by atoms with E-state index < -0.39 is 0 Å². The van der Waals surface area contributed by atoms with Crippen LogP contribution in [0.15, 0.2) is 18.2 Å². The van der Waals surface area contributed by atoms with Gasteiger partial charge in [0.25, 0.3) is 0 Å². The zero-order chi connectivity index (χ0) is 12.3. The van der Waals surface area contributed by atoms with Crippen molar-refractivity contribution in [1.29, 1.82) is 0 Å². The van der Waals surface area contributed by atoms with Crippen LogP contribution in [-0.2, 0) is 4.74 Å². The molecule has 0 aliphatic carbocycles. The summed E-state index contributed by atoms with van der Waals surface area (Å²) >= 11 is 0. The third-order valence-corrected chi connectivity index (χ3v) is 2.93. The van der Waals surface area contributed by atoms with Crippen molar-refractivity contribution in [1.82, 2.24) is 0 Å². The van der Waals surface area contributed by atoms with E-state index in [4.69, 9.17) is 15.2 Å². The minimum atomic E-state index is -0.301. The van der Waals surface area contributed by atoms with Crippen molar-refractivity contribution in [2.24, 2.45) is 5.73 Å². The molecule has 0 amide bonds. The van der Waals surface area contributed by atoms with E-state index in [2.05, 4.69) is 0 Å². The molecule has 1 aromatic carbocycles. The molecule has 1 aromatic rings. The van der Waals surface area contributed by atoms with Gasteiger partial charge in [-0.1, -0.05) is 6.07 Å². The molecule has 2 rings (SSSR count). The largest absolute Gasteiger partial charge is 0.490 e. The summed E-state index contributed by atoms with van der Waals surface area (Å²) in [6.07, 6.45) is 1.84. The molecule has 0 radical (unpaired) electrons. The maximum absolute atomic E-state index is 13.7. The summed E-state index contributed by atoms with van der Waals surface area (Å²) < 4.78 is 24.6. The Morgan fingerprint density at radius 2 is 2.12 bits per heavy atom. The summed E-state index contributed by atoms with van der Waals surface area (Å²) in [5.74, 6) is 0.267. The van der Waals surface area contributed by atoms with Crippen molar-refractivity contribution >= 4 is 0 Å². The summed E-state index contributed by atoms with van der Waals surface area (Å²) in [5.41, 5.74) is 6.17. The van der Waals surface area contributed by atoms with Crippen LogP contribution in [0.25, 0.3) is 0 Å². The Kier molecular flexibility index (Phi) is 3.97. The van der Waals surface area contributed by atoms with Crippen molar-refractivity contribution in [3.05, 3.63) is 29.6 Å². The maximum Gasteiger partial charge on any atom is 0.131 e. The standard InChI is InChI=1S/C13H18FNO2/c1-9(15)12-3-2-11(8-13(12)14)17-10-4-6-16-7-5-10/h2-3,8-10H,4-7,15H2,1H3/t9-/m1/s1. The molecule has 0 aromatic heterocycles. The fourth-order valence-corrected chi connectivity index (χ4v) is 1.94. The lowest BCUT2D eigenvalue weighted by Crippen LogP contribution is -2.25. The molecule has 1 heterocycles. The number of ether oxygens (including phenoxy) is 2. The molecule has 0 bridgehead atoms. The van der Waals surface area contributed by atoms with Crippen LogP contribution in [0.4, 0.5) is 4.39 Å². The Bertz CT molecular complexity index is 376. The van der Waals surface area contributed by atoms with Gasteiger partial charge in [-0.25, -0.2) is 4.39 Å². The highest BCUT2D eigenvalue weighted by atomic mass is 19.1. The van der Waals surface area contributed by atoms with Gasteiger partial charge >= 0.3 is 0 Å². The summed E-state index contributed by atoms with van der Waals surface area (Å²) in [7, 11) is 0. The second-order valence-electron chi connectivity index (χ2n) is 4.40. The summed E-state index contributed by atoms with van der Waals surface area (Å²) in [6, 6.07) is 4.58. The molecule has 1 aliphatic rings. The van der Waals surface area contributed by atoms with E-state index in [1.165, 1.54) is 6.07 Å². The molecular weight excluding hydrogens is 221 g/mol. The molecule has 3 nitrogen and oxygen atoms in total. The van der Waals surface area contributed by atoms with Crippen LogP contribution in [-0.4, -0.2) is 19.3 Å². The van der Waals surface area contributed by atoms with E-state index >= 15 is 0 Å². The molecule has 4 heteroatoms. The third kappa shape index (κ3) is 3.17. The topological polar surface area (TPSA) is 44.5 Å². The van der Waals surface area contributed by atoms with Gasteiger partial charge in [-0.2, -0.15) is 0 Å². The molecule has 0 unspecified atom stereocenters. The Labute approximate surface area is 101 Å². The van der Waals surface area contributed by atoms with Crippen molar-refractivity contribution in [3.63, 3.8) is 0 Å². The van der Waals surface area contributed by atoms with Gasteiger partial charge in [-0.3, -0.25) is 0 Å². The van der Waals surface area contributed by atoms with Crippen LogP contribution >= 0.6 is 0 Å². The highest BCUT2D eigenvalue weighted by Gasteiger charge is 2.16. The maximum atomic E-state index is 13.7. The van der Waals surface area contributed by atoms with Gasteiger partial charge in [0.2, 0.25) is 0 Å². The SMILES string of the molecule is C[C@@H](N)c1ccc(OC2CCOCC2)cc1F. The quantitative estimate of drug-likeness (QED) is 0.881. The first-order valence-electron chi connectivity index (χ1n) is 5.96.